The van der Waals surface area contributed by atoms with Gasteiger partial charge in [0.1, 0.15) is 11.0 Å². The van der Waals surface area contributed by atoms with Gasteiger partial charge < -0.3 is 0 Å². The van der Waals surface area contributed by atoms with Crippen molar-refractivity contribution in [3.05, 3.63) is 62.7 Å². The van der Waals surface area contributed by atoms with Crippen LogP contribution in [0, 0.1) is 17.5 Å². The molecule has 0 aliphatic heterocycles. The van der Waals surface area contributed by atoms with E-state index in [0.717, 1.165) is 35.5 Å². The predicted octanol–water partition coefficient (Wildman–Crippen LogP) is 4.05. The first kappa shape index (κ1) is 17.1. The minimum Gasteiger partial charge on any atom is -0.250 e. The molecule has 1 saturated carbocycles. The maximum absolute atomic E-state index is 13.0. The van der Waals surface area contributed by atoms with Gasteiger partial charge in [0.25, 0.3) is 0 Å². The van der Waals surface area contributed by atoms with Gasteiger partial charge in [0, 0.05) is 5.92 Å². The average Bonchev–Trinajstić information content (AvgIpc) is 3.34. The highest BCUT2D eigenvalue weighted by Gasteiger charge is 2.29. The van der Waals surface area contributed by atoms with Crippen LogP contribution >= 0.6 is 23.8 Å². The van der Waals surface area contributed by atoms with Gasteiger partial charge in [-0.15, -0.1) is 0 Å². The van der Waals surface area contributed by atoms with Gasteiger partial charge in [-0.2, -0.15) is 20.0 Å². The third-order valence-corrected chi connectivity index (χ3v) is 4.94. The molecule has 6 nitrogen and oxygen atoms in total. The highest BCUT2D eigenvalue weighted by molar-refractivity contribution is 7.71. The number of hydrogen-bond acceptors (Lipinski definition) is 4. The lowest BCUT2D eigenvalue weighted by Crippen LogP contribution is -2.02. The number of benzene rings is 1. The molecule has 0 atom stereocenters. The van der Waals surface area contributed by atoms with Gasteiger partial charge in [0.15, 0.2) is 5.82 Å². The molecule has 1 fully saturated rings. The minimum absolute atomic E-state index is 0.271. The average molecular weight is 391 g/mol. The Balaban J connectivity index is 1.61. The van der Waals surface area contributed by atoms with Crippen LogP contribution in [0.4, 0.5) is 4.39 Å². The van der Waals surface area contributed by atoms with Crippen molar-refractivity contribution in [2.24, 2.45) is 5.10 Å². The van der Waals surface area contributed by atoms with Crippen LogP contribution in [-0.4, -0.2) is 30.9 Å². The van der Waals surface area contributed by atoms with Gasteiger partial charge in [-0.05, 0) is 49.7 Å². The molecule has 1 aliphatic rings. The van der Waals surface area contributed by atoms with Crippen LogP contribution in [0.25, 0.3) is 0 Å². The molecular weight excluding hydrogens is 375 g/mol. The molecule has 1 aliphatic carbocycles. The van der Waals surface area contributed by atoms with Crippen molar-refractivity contribution in [2.75, 3.05) is 0 Å². The molecular formula is C17H16ClFN6S. The van der Waals surface area contributed by atoms with Gasteiger partial charge in [-0.25, -0.2) is 9.07 Å². The molecule has 0 amide bonds. The smallest absolute Gasteiger partial charge is 0.216 e. The summed E-state index contributed by atoms with van der Waals surface area (Å²) in [5.41, 5.74) is 2.38. The maximum atomic E-state index is 13.0. The Morgan fingerprint density at radius 2 is 2.12 bits per heavy atom. The summed E-state index contributed by atoms with van der Waals surface area (Å²) < 4.78 is 16.8. The first-order chi connectivity index (χ1) is 12.5. The van der Waals surface area contributed by atoms with Gasteiger partial charge in [0.05, 0.1) is 24.0 Å². The van der Waals surface area contributed by atoms with Crippen molar-refractivity contribution >= 4 is 30.0 Å². The highest BCUT2D eigenvalue weighted by atomic mass is 35.5. The second kappa shape index (κ2) is 6.77. The monoisotopic (exact) mass is 390 g/mol. The second-order valence-corrected chi connectivity index (χ2v) is 7.04. The van der Waals surface area contributed by atoms with E-state index in [-0.39, 0.29) is 5.82 Å². The number of H-pyrrole nitrogens is 1. The number of halogens is 2. The number of hydrogen-bond donors (Lipinski definition) is 1. The quantitative estimate of drug-likeness (QED) is 0.528. The Morgan fingerprint density at radius 1 is 1.38 bits per heavy atom. The Kier molecular flexibility index (Phi) is 4.46. The first-order valence-corrected chi connectivity index (χ1v) is 9.00. The van der Waals surface area contributed by atoms with E-state index in [1.807, 2.05) is 6.92 Å². The van der Waals surface area contributed by atoms with Crippen molar-refractivity contribution in [3.8, 4) is 0 Å². The van der Waals surface area contributed by atoms with E-state index in [1.54, 1.807) is 27.7 Å². The molecule has 2 aromatic heterocycles. The summed E-state index contributed by atoms with van der Waals surface area (Å²) in [6, 6.07) is 6.26. The minimum atomic E-state index is -0.271. The van der Waals surface area contributed by atoms with Crippen LogP contribution in [0.1, 0.15) is 41.4 Å². The standard InChI is InChI=1S/C17H16ClFN6S/c1-10-14(8-20-25-16(12-4-5-12)21-22-17(25)26)15(18)24(23-10)9-11-2-6-13(19)7-3-11/h2-3,6-8,12H,4-5,9H2,1H3,(H,22,26)/b20-8-. The van der Waals surface area contributed by atoms with Crippen LogP contribution in [-0.2, 0) is 6.54 Å². The largest absolute Gasteiger partial charge is 0.250 e. The van der Waals surface area contributed by atoms with Crippen LogP contribution in [0.3, 0.4) is 0 Å². The summed E-state index contributed by atoms with van der Waals surface area (Å²) in [4.78, 5) is 0. The summed E-state index contributed by atoms with van der Waals surface area (Å²) in [6.07, 6.45) is 3.86. The second-order valence-electron chi connectivity index (χ2n) is 6.29. The lowest BCUT2D eigenvalue weighted by Gasteiger charge is -2.03. The third-order valence-electron chi connectivity index (χ3n) is 4.28. The Hall–Kier alpha value is -2.32. The summed E-state index contributed by atoms with van der Waals surface area (Å²) in [6.45, 7) is 2.32. The molecule has 4 rings (SSSR count). The topological polar surface area (TPSA) is 63.8 Å². The fourth-order valence-electron chi connectivity index (χ4n) is 2.72. The molecule has 3 aromatic rings. The van der Waals surface area contributed by atoms with Crippen molar-refractivity contribution in [3.63, 3.8) is 0 Å². The molecule has 0 spiro atoms. The number of aryl methyl sites for hydroxylation is 1. The van der Waals surface area contributed by atoms with Crippen LogP contribution in [0.2, 0.25) is 5.15 Å². The molecule has 0 bridgehead atoms. The lowest BCUT2D eigenvalue weighted by molar-refractivity contribution is 0.624. The SMILES string of the molecule is Cc1nn(Cc2ccc(F)cc2)c(Cl)c1/C=N\n1c(C2CC2)n[nH]c1=S. The van der Waals surface area contributed by atoms with Gasteiger partial charge in [0.2, 0.25) is 4.77 Å². The zero-order chi connectivity index (χ0) is 18.3. The van der Waals surface area contributed by atoms with Crippen LogP contribution in [0.15, 0.2) is 29.4 Å². The third kappa shape index (κ3) is 3.34. The Bertz CT molecular complexity index is 1030. The lowest BCUT2D eigenvalue weighted by atomic mass is 10.2. The molecule has 26 heavy (non-hydrogen) atoms. The van der Waals surface area contributed by atoms with E-state index in [4.69, 9.17) is 23.8 Å². The fraction of sp³-hybridized carbons (Fsp3) is 0.294. The predicted molar refractivity (Wildman–Crippen MR) is 99.9 cm³/mol. The van der Waals surface area contributed by atoms with Crippen molar-refractivity contribution in [1.82, 2.24) is 24.7 Å². The molecule has 0 radical (unpaired) electrons. The fourth-order valence-corrected chi connectivity index (χ4v) is 3.19. The number of aromatic amines is 1. The van der Waals surface area contributed by atoms with Crippen LogP contribution < -0.4 is 0 Å². The van der Waals surface area contributed by atoms with Crippen molar-refractivity contribution < 1.29 is 4.39 Å². The van der Waals surface area contributed by atoms with Gasteiger partial charge >= 0.3 is 0 Å². The number of nitrogens with one attached hydrogen (secondary N) is 1. The molecule has 1 N–H and O–H groups in total. The van der Waals surface area contributed by atoms with Crippen molar-refractivity contribution in [2.45, 2.75) is 32.2 Å². The number of rotatable bonds is 5. The zero-order valence-electron chi connectivity index (χ0n) is 14.0. The summed E-state index contributed by atoms with van der Waals surface area (Å²) in [5, 5.41) is 16.4. The van der Waals surface area contributed by atoms with Crippen molar-refractivity contribution in [1.29, 1.82) is 0 Å². The molecule has 0 unspecified atom stereocenters. The number of nitrogens with zero attached hydrogens (tertiary/aromatic N) is 5. The van der Waals surface area contributed by atoms with Crippen LogP contribution in [0.5, 0.6) is 0 Å². The van der Waals surface area contributed by atoms with E-state index in [0.29, 0.717) is 22.4 Å². The summed E-state index contributed by atoms with van der Waals surface area (Å²) >= 11 is 11.7. The molecule has 134 valence electrons. The molecule has 1 aromatic carbocycles. The zero-order valence-corrected chi connectivity index (χ0v) is 15.6. The van der Waals surface area contributed by atoms with Gasteiger partial charge in [-0.3, -0.25) is 5.10 Å². The normalized spacial score (nSPS) is 14.4. The van der Waals surface area contributed by atoms with E-state index in [9.17, 15) is 4.39 Å². The Morgan fingerprint density at radius 3 is 2.81 bits per heavy atom. The highest BCUT2D eigenvalue weighted by Crippen LogP contribution is 2.38. The summed E-state index contributed by atoms with van der Waals surface area (Å²) in [7, 11) is 0. The molecule has 9 heteroatoms. The van der Waals surface area contributed by atoms with E-state index in [1.165, 1.54) is 12.1 Å². The molecule has 0 saturated heterocycles. The summed E-state index contributed by atoms with van der Waals surface area (Å²) in [5.74, 6) is 0.990. The van der Waals surface area contributed by atoms with E-state index < -0.39 is 0 Å². The maximum Gasteiger partial charge on any atom is 0.216 e. The molecule has 2 heterocycles. The first-order valence-electron chi connectivity index (χ1n) is 8.22. The number of aromatic nitrogens is 5. The van der Waals surface area contributed by atoms with E-state index >= 15 is 0 Å². The Labute approximate surface area is 159 Å². The van der Waals surface area contributed by atoms with Gasteiger partial charge in [-0.1, -0.05) is 23.7 Å². The van der Waals surface area contributed by atoms with E-state index in [2.05, 4.69) is 20.4 Å².